The standard InChI is InChI=1S/C14H16FNS/c1-9-8-11(15)4-5-12(9)14-7-6-13(17-14)10(2)16-3/h4-8,10,16H,1-3H3. The monoisotopic (exact) mass is 249 g/mol. The zero-order valence-corrected chi connectivity index (χ0v) is 11.1. The summed E-state index contributed by atoms with van der Waals surface area (Å²) in [5.74, 6) is -0.174. The topological polar surface area (TPSA) is 12.0 Å². The van der Waals surface area contributed by atoms with Gasteiger partial charge in [0.1, 0.15) is 5.82 Å². The number of aryl methyl sites for hydroxylation is 1. The number of thiophene rings is 1. The minimum atomic E-state index is -0.174. The van der Waals surface area contributed by atoms with Crippen LogP contribution in [0.25, 0.3) is 10.4 Å². The predicted molar refractivity (Wildman–Crippen MR) is 71.9 cm³/mol. The molecule has 1 N–H and O–H groups in total. The predicted octanol–water partition coefficient (Wildman–Crippen LogP) is 4.14. The number of rotatable bonds is 3. The van der Waals surface area contributed by atoms with Crippen LogP contribution in [0.3, 0.4) is 0 Å². The molecule has 0 fully saturated rings. The van der Waals surface area contributed by atoms with Crippen molar-refractivity contribution >= 4 is 11.3 Å². The van der Waals surface area contributed by atoms with Gasteiger partial charge in [-0.1, -0.05) is 6.07 Å². The molecule has 0 aliphatic rings. The minimum Gasteiger partial charge on any atom is -0.313 e. The first-order valence-electron chi connectivity index (χ1n) is 5.65. The van der Waals surface area contributed by atoms with E-state index in [-0.39, 0.29) is 5.82 Å². The summed E-state index contributed by atoms with van der Waals surface area (Å²) in [6.07, 6.45) is 0. The van der Waals surface area contributed by atoms with Crippen LogP contribution in [0, 0.1) is 12.7 Å². The number of hydrogen-bond donors (Lipinski definition) is 1. The average molecular weight is 249 g/mol. The molecule has 0 aliphatic carbocycles. The highest BCUT2D eigenvalue weighted by Gasteiger charge is 2.09. The first-order valence-corrected chi connectivity index (χ1v) is 6.47. The van der Waals surface area contributed by atoms with E-state index in [0.29, 0.717) is 6.04 Å². The largest absolute Gasteiger partial charge is 0.313 e. The van der Waals surface area contributed by atoms with Crippen LogP contribution >= 0.6 is 11.3 Å². The van der Waals surface area contributed by atoms with Crippen LogP contribution in [0.15, 0.2) is 30.3 Å². The fourth-order valence-electron chi connectivity index (χ4n) is 1.78. The molecule has 1 aromatic heterocycles. The molecule has 1 atom stereocenters. The van der Waals surface area contributed by atoms with Crippen LogP contribution in [0.4, 0.5) is 4.39 Å². The van der Waals surface area contributed by atoms with Crippen LogP contribution < -0.4 is 5.32 Å². The second-order valence-corrected chi connectivity index (χ2v) is 5.29. The van der Waals surface area contributed by atoms with Crippen molar-refractivity contribution in [1.82, 2.24) is 5.32 Å². The van der Waals surface area contributed by atoms with Gasteiger partial charge in [-0.05, 0) is 56.3 Å². The molecular formula is C14H16FNS. The maximum Gasteiger partial charge on any atom is 0.123 e. The Labute approximate surface area is 105 Å². The molecule has 0 saturated carbocycles. The van der Waals surface area contributed by atoms with Crippen LogP contribution in [0.2, 0.25) is 0 Å². The molecule has 0 aliphatic heterocycles. The second-order valence-electron chi connectivity index (χ2n) is 4.17. The van der Waals surface area contributed by atoms with Gasteiger partial charge in [-0.2, -0.15) is 0 Å². The van der Waals surface area contributed by atoms with E-state index in [1.807, 2.05) is 20.0 Å². The molecule has 90 valence electrons. The fraction of sp³-hybridized carbons (Fsp3) is 0.286. The smallest absolute Gasteiger partial charge is 0.123 e. The third-order valence-corrected chi connectivity index (χ3v) is 4.24. The van der Waals surface area contributed by atoms with Crippen LogP contribution in [-0.4, -0.2) is 7.05 Å². The lowest BCUT2D eigenvalue weighted by atomic mass is 10.1. The van der Waals surface area contributed by atoms with E-state index < -0.39 is 0 Å². The third kappa shape index (κ3) is 2.56. The van der Waals surface area contributed by atoms with E-state index in [9.17, 15) is 4.39 Å². The average Bonchev–Trinajstić information content (AvgIpc) is 2.77. The second kappa shape index (κ2) is 4.98. The summed E-state index contributed by atoms with van der Waals surface area (Å²) in [5.41, 5.74) is 2.10. The van der Waals surface area contributed by atoms with E-state index in [2.05, 4.69) is 24.4 Å². The number of hydrogen-bond acceptors (Lipinski definition) is 2. The third-order valence-electron chi connectivity index (χ3n) is 2.94. The van der Waals surface area contributed by atoms with Crippen molar-refractivity contribution in [2.75, 3.05) is 7.05 Å². The molecule has 17 heavy (non-hydrogen) atoms. The number of benzene rings is 1. The SMILES string of the molecule is CNC(C)c1ccc(-c2ccc(F)cc2C)s1. The normalized spacial score (nSPS) is 12.7. The Morgan fingerprint density at radius 1 is 1.24 bits per heavy atom. The van der Waals surface area contributed by atoms with Gasteiger partial charge in [0.25, 0.3) is 0 Å². The fourth-order valence-corrected chi connectivity index (χ4v) is 2.94. The van der Waals surface area contributed by atoms with Gasteiger partial charge in [0.05, 0.1) is 0 Å². The van der Waals surface area contributed by atoms with Gasteiger partial charge in [-0.3, -0.25) is 0 Å². The maximum absolute atomic E-state index is 13.0. The summed E-state index contributed by atoms with van der Waals surface area (Å²) >= 11 is 1.75. The molecule has 0 radical (unpaired) electrons. The summed E-state index contributed by atoms with van der Waals surface area (Å²) in [4.78, 5) is 2.49. The van der Waals surface area contributed by atoms with Crippen molar-refractivity contribution in [3.05, 3.63) is 46.6 Å². The summed E-state index contributed by atoms with van der Waals surface area (Å²) in [5, 5.41) is 3.22. The van der Waals surface area contributed by atoms with Gasteiger partial charge in [0.2, 0.25) is 0 Å². The minimum absolute atomic E-state index is 0.174. The molecular weight excluding hydrogens is 233 g/mol. The highest BCUT2D eigenvalue weighted by molar-refractivity contribution is 7.15. The van der Waals surface area contributed by atoms with E-state index in [1.54, 1.807) is 17.4 Å². The van der Waals surface area contributed by atoms with Gasteiger partial charge < -0.3 is 5.32 Å². The Morgan fingerprint density at radius 3 is 2.65 bits per heavy atom. The van der Waals surface area contributed by atoms with Crippen molar-refractivity contribution in [2.45, 2.75) is 19.9 Å². The molecule has 3 heteroatoms. The van der Waals surface area contributed by atoms with Crippen LogP contribution in [-0.2, 0) is 0 Å². The molecule has 1 nitrogen and oxygen atoms in total. The van der Waals surface area contributed by atoms with E-state index in [0.717, 1.165) is 11.1 Å². The van der Waals surface area contributed by atoms with E-state index >= 15 is 0 Å². The molecule has 0 bridgehead atoms. The Bertz CT molecular complexity index is 519. The Kier molecular flexibility index (Phi) is 3.60. The van der Waals surface area contributed by atoms with Gasteiger partial charge in [0.15, 0.2) is 0 Å². The molecule has 0 saturated heterocycles. The van der Waals surface area contributed by atoms with Crippen molar-refractivity contribution in [1.29, 1.82) is 0 Å². The summed E-state index contributed by atoms with van der Waals surface area (Å²) in [7, 11) is 1.95. The zero-order chi connectivity index (χ0) is 12.4. The van der Waals surface area contributed by atoms with E-state index in [1.165, 1.54) is 15.8 Å². The van der Waals surface area contributed by atoms with Crippen LogP contribution in [0.5, 0.6) is 0 Å². The Hall–Kier alpha value is -1.19. The molecule has 2 rings (SSSR count). The molecule has 0 amide bonds. The lowest BCUT2D eigenvalue weighted by molar-refractivity contribution is 0.627. The summed E-state index contributed by atoms with van der Waals surface area (Å²) in [6.45, 7) is 4.08. The van der Waals surface area contributed by atoms with Crippen molar-refractivity contribution in [3.8, 4) is 10.4 Å². The summed E-state index contributed by atoms with van der Waals surface area (Å²) < 4.78 is 13.0. The van der Waals surface area contributed by atoms with Crippen molar-refractivity contribution in [2.24, 2.45) is 0 Å². The molecule has 1 heterocycles. The van der Waals surface area contributed by atoms with Crippen LogP contribution in [0.1, 0.15) is 23.4 Å². The molecule has 1 unspecified atom stereocenters. The molecule has 1 aromatic carbocycles. The number of nitrogens with one attached hydrogen (secondary N) is 1. The van der Waals surface area contributed by atoms with Crippen molar-refractivity contribution < 1.29 is 4.39 Å². The van der Waals surface area contributed by atoms with Gasteiger partial charge in [-0.25, -0.2) is 4.39 Å². The highest BCUT2D eigenvalue weighted by Crippen LogP contribution is 2.33. The van der Waals surface area contributed by atoms with Gasteiger partial charge >= 0.3 is 0 Å². The lowest BCUT2D eigenvalue weighted by Gasteiger charge is -2.06. The van der Waals surface area contributed by atoms with Gasteiger partial charge in [0, 0.05) is 15.8 Å². The highest BCUT2D eigenvalue weighted by atomic mass is 32.1. The lowest BCUT2D eigenvalue weighted by Crippen LogP contribution is -2.10. The maximum atomic E-state index is 13.0. The Balaban J connectivity index is 2.37. The Morgan fingerprint density at radius 2 is 2.00 bits per heavy atom. The van der Waals surface area contributed by atoms with Gasteiger partial charge in [-0.15, -0.1) is 11.3 Å². The number of halogens is 1. The van der Waals surface area contributed by atoms with Crippen molar-refractivity contribution in [3.63, 3.8) is 0 Å². The van der Waals surface area contributed by atoms with E-state index in [4.69, 9.17) is 0 Å². The summed E-state index contributed by atoms with van der Waals surface area (Å²) in [6, 6.07) is 9.54. The molecule has 0 spiro atoms. The molecule has 2 aromatic rings. The zero-order valence-electron chi connectivity index (χ0n) is 10.3. The quantitative estimate of drug-likeness (QED) is 0.862. The first-order chi connectivity index (χ1) is 8.11. The first kappa shape index (κ1) is 12.3.